The van der Waals surface area contributed by atoms with Crippen LogP contribution >= 0.6 is 23.4 Å². The molecular formula is C32H33ClN4O4S. The van der Waals surface area contributed by atoms with Crippen molar-refractivity contribution in [2.45, 2.75) is 44.1 Å². The zero-order chi connectivity index (χ0) is 29.5. The highest BCUT2D eigenvalue weighted by molar-refractivity contribution is 7.98. The van der Waals surface area contributed by atoms with E-state index in [2.05, 4.69) is 17.4 Å². The summed E-state index contributed by atoms with van der Waals surface area (Å²) in [5.41, 5.74) is 4.10. The van der Waals surface area contributed by atoms with E-state index in [1.165, 1.54) is 17.3 Å². The van der Waals surface area contributed by atoms with E-state index in [4.69, 9.17) is 35.9 Å². The molecule has 10 heteroatoms. The number of aromatic nitrogens is 3. The fourth-order valence-corrected chi connectivity index (χ4v) is 5.85. The molecule has 4 aromatic rings. The maximum atomic E-state index is 13.3. The molecule has 1 N–H and O–H groups in total. The molecule has 8 nitrogen and oxygen atoms in total. The number of benzene rings is 3. The molecule has 5 rings (SSSR count). The number of thioether (sulfide) groups is 1. The Kier molecular flexibility index (Phi) is 9.71. The molecule has 3 aromatic carbocycles. The molecule has 0 radical (unpaired) electrons. The van der Waals surface area contributed by atoms with Gasteiger partial charge in [-0.05, 0) is 55.7 Å². The van der Waals surface area contributed by atoms with E-state index in [0.717, 1.165) is 17.5 Å². The lowest BCUT2D eigenvalue weighted by molar-refractivity contribution is -0.139. The first-order chi connectivity index (χ1) is 20.5. The number of rotatable bonds is 12. The minimum Gasteiger partial charge on any atom is -0.490 e. The van der Waals surface area contributed by atoms with Crippen molar-refractivity contribution in [1.82, 2.24) is 14.8 Å². The van der Waals surface area contributed by atoms with Gasteiger partial charge in [0.2, 0.25) is 11.1 Å². The molecule has 1 aromatic heterocycles. The Hall–Kier alpha value is -3.95. The number of anilines is 1. The second kappa shape index (κ2) is 13.8. The molecule has 0 fully saturated rings. The summed E-state index contributed by atoms with van der Waals surface area (Å²) in [7, 11) is 0. The molecule has 0 amide bonds. The van der Waals surface area contributed by atoms with Gasteiger partial charge in [-0.2, -0.15) is 4.98 Å². The van der Waals surface area contributed by atoms with Crippen LogP contribution in [0.1, 0.15) is 43.5 Å². The molecule has 42 heavy (non-hydrogen) atoms. The van der Waals surface area contributed by atoms with E-state index in [0.29, 0.717) is 57.9 Å². The van der Waals surface area contributed by atoms with Crippen molar-refractivity contribution in [3.05, 3.63) is 106 Å². The van der Waals surface area contributed by atoms with Gasteiger partial charge in [-0.25, -0.2) is 9.48 Å². The van der Waals surface area contributed by atoms with E-state index in [1.54, 1.807) is 11.6 Å². The fourth-order valence-electron chi connectivity index (χ4n) is 4.74. The molecule has 0 bridgehead atoms. The van der Waals surface area contributed by atoms with Gasteiger partial charge in [0.1, 0.15) is 6.04 Å². The van der Waals surface area contributed by atoms with Crippen LogP contribution in [0.4, 0.5) is 5.95 Å². The predicted octanol–water partition coefficient (Wildman–Crippen LogP) is 7.10. The summed E-state index contributed by atoms with van der Waals surface area (Å²) >= 11 is 7.84. The van der Waals surface area contributed by atoms with Gasteiger partial charge in [-0.1, -0.05) is 78.0 Å². The maximum Gasteiger partial charge on any atom is 0.338 e. The van der Waals surface area contributed by atoms with E-state index < -0.39 is 12.0 Å². The first-order valence-electron chi connectivity index (χ1n) is 13.9. The molecule has 0 spiro atoms. The number of ether oxygens (including phenoxy) is 3. The van der Waals surface area contributed by atoms with Crippen LogP contribution in [0.25, 0.3) is 0 Å². The highest BCUT2D eigenvalue weighted by Crippen LogP contribution is 2.40. The zero-order valence-corrected chi connectivity index (χ0v) is 25.4. The smallest absolute Gasteiger partial charge is 0.338 e. The lowest BCUT2D eigenvalue weighted by atomic mass is 9.95. The van der Waals surface area contributed by atoms with E-state index in [-0.39, 0.29) is 6.61 Å². The minimum atomic E-state index is -0.583. The van der Waals surface area contributed by atoms with Gasteiger partial charge in [0.05, 0.1) is 25.4 Å². The lowest BCUT2D eigenvalue weighted by Gasteiger charge is -2.28. The summed E-state index contributed by atoms with van der Waals surface area (Å²) in [6.07, 6.45) is 0.772. The van der Waals surface area contributed by atoms with Gasteiger partial charge in [0.25, 0.3) is 0 Å². The number of nitrogens with one attached hydrogen (secondary N) is 1. The zero-order valence-electron chi connectivity index (χ0n) is 23.8. The van der Waals surface area contributed by atoms with Crippen LogP contribution in [-0.2, 0) is 21.7 Å². The van der Waals surface area contributed by atoms with Crippen LogP contribution in [0, 0.1) is 0 Å². The summed E-state index contributed by atoms with van der Waals surface area (Å²) in [6.45, 7) is 6.78. The van der Waals surface area contributed by atoms with Crippen LogP contribution in [0.2, 0.25) is 5.02 Å². The van der Waals surface area contributed by atoms with E-state index in [1.807, 2.05) is 74.5 Å². The van der Waals surface area contributed by atoms with Crippen molar-refractivity contribution in [2.75, 3.05) is 25.1 Å². The number of allylic oxidation sites excluding steroid dienone is 1. The number of hydrogen-bond donors (Lipinski definition) is 1. The van der Waals surface area contributed by atoms with Crippen molar-refractivity contribution in [2.24, 2.45) is 0 Å². The summed E-state index contributed by atoms with van der Waals surface area (Å²) in [4.78, 5) is 18.0. The molecule has 0 saturated heterocycles. The second-order valence-electron chi connectivity index (χ2n) is 9.55. The number of hydrogen-bond acceptors (Lipinski definition) is 8. The number of halogens is 1. The van der Waals surface area contributed by atoms with Gasteiger partial charge in [-0.15, -0.1) is 5.10 Å². The Labute approximate surface area is 255 Å². The Morgan fingerprint density at radius 2 is 1.79 bits per heavy atom. The second-order valence-corrected chi connectivity index (χ2v) is 10.9. The molecule has 1 unspecified atom stereocenters. The quantitative estimate of drug-likeness (QED) is 0.135. The van der Waals surface area contributed by atoms with Gasteiger partial charge < -0.3 is 19.5 Å². The summed E-state index contributed by atoms with van der Waals surface area (Å²) < 4.78 is 19.3. The van der Waals surface area contributed by atoms with Crippen LogP contribution < -0.4 is 14.8 Å². The highest BCUT2D eigenvalue weighted by Gasteiger charge is 2.35. The standard InChI is InChI=1S/C32H33ClN4O4S/c1-4-39-27-19-23(15-16-26(27)41-18-17-22-11-7-6-8-12-22)29-28(30(38)40-5-2)21(3)34-31-35-32(36-37(29)31)42-20-24-13-9-10-14-25(24)33/h6-16,19,29H,4-5,17-18,20H2,1-3H3,(H,34,35,36). The Morgan fingerprint density at radius 3 is 2.55 bits per heavy atom. The Balaban J connectivity index is 1.45. The Bertz CT molecular complexity index is 1570. The third kappa shape index (κ3) is 6.74. The van der Waals surface area contributed by atoms with Crippen molar-refractivity contribution in [3.63, 3.8) is 0 Å². The topological polar surface area (TPSA) is 87.5 Å². The molecule has 0 aliphatic carbocycles. The normalized spacial score (nSPS) is 14.2. The van der Waals surface area contributed by atoms with Crippen LogP contribution in [0.15, 0.2) is 89.2 Å². The SMILES string of the molecule is CCOC(=O)C1=C(C)Nc2nc(SCc3ccccc3Cl)nn2C1c1ccc(OCCc2ccccc2)c(OCC)c1. The highest BCUT2D eigenvalue weighted by atomic mass is 35.5. The van der Waals surface area contributed by atoms with Crippen LogP contribution in [0.3, 0.4) is 0 Å². The van der Waals surface area contributed by atoms with Crippen molar-refractivity contribution < 1.29 is 19.0 Å². The number of esters is 1. The maximum absolute atomic E-state index is 13.3. The fraction of sp³-hybridized carbons (Fsp3) is 0.281. The van der Waals surface area contributed by atoms with Crippen molar-refractivity contribution >= 4 is 35.3 Å². The molecule has 1 aliphatic rings. The third-order valence-corrected chi connectivity index (χ3v) is 7.97. The summed E-state index contributed by atoms with van der Waals surface area (Å²) in [5.74, 6) is 1.96. The van der Waals surface area contributed by atoms with Gasteiger partial charge in [0.15, 0.2) is 11.5 Å². The number of carbonyl (C=O) groups excluding carboxylic acids is 1. The van der Waals surface area contributed by atoms with Gasteiger partial charge >= 0.3 is 5.97 Å². The lowest BCUT2D eigenvalue weighted by Crippen LogP contribution is -2.29. The number of nitrogens with zero attached hydrogens (tertiary/aromatic N) is 3. The third-order valence-electron chi connectivity index (χ3n) is 6.72. The summed E-state index contributed by atoms with van der Waals surface area (Å²) in [6, 6.07) is 23.0. The molecule has 0 saturated carbocycles. The number of fused-ring (bicyclic) bond motifs is 1. The van der Waals surface area contributed by atoms with Gasteiger partial charge in [-0.3, -0.25) is 0 Å². The first kappa shape index (κ1) is 29.5. The number of carbonyl (C=O) groups is 1. The molecule has 218 valence electrons. The van der Waals surface area contributed by atoms with Crippen LogP contribution in [0.5, 0.6) is 11.5 Å². The van der Waals surface area contributed by atoms with Gasteiger partial charge in [0, 0.05) is 22.9 Å². The van der Waals surface area contributed by atoms with Crippen LogP contribution in [-0.4, -0.2) is 40.6 Å². The molecule has 1 atom stereocenters. The van der Waals surface area contributed by atoms with E-state index >= 15 is 0 Å². The molecule has 2 heterocycles. The van der Waals surface area contributed by atoms with Crippen molar-refractivity contribution in [3.8, 4) is 11.5 Å². The average molecular weight is 605 g/mol. The minimum absolute atomic E-state index is 0.254. The largest absolute Gasteiger partial charge is 0.490 e. The average Bonchev–Trinajstić information content (AvgIpc) is 3.40. The first-order valence-corrected chi connectivity index (χ1v) is 15.3. The monoisotopic (exact) mass is 604 g/mol. The molecule has 1 aliphatic heterocycles. The molecular weight excluding hydrogens is 572 g/mol. The summed E-state index contributed by atoms with van der Waals surface area (Å²) in [5, 5.41) is 9.31. The van der Waals surface area contributed by atoms with Crippen molar-refractivity contribution in [1.29, 1.82) is 0 Å². The Morgan fingerprint density at radius 1 is 1.00 bits per heavy atom. The van der Waals surface area contributed by atoms with E-state index in [9.17, 15) is 4.79 Å². The predicted molar refractivity (Wildman–Crippen MR) is 165 cm³/mol.